The summed E-state index contributed by atoms with van der Waals surface area (Å²) in [6, 6.07) is 11.1. The molecular formula is C18H19NO5S. The van der Waals surface area contributed by atoms with Crippen LogP contribution in [0.1, 0.15) is 23.2 Å². The largest absolute Gasteiger partial charge is 0.497 e. The predicted octanol–water partition coefficient (Wildman–Crippen LogP) is 2.84. The third-order valence-corrected chi connectivity index (χ3v) is 6.24. The van der Waals surface area contributed by atoms with Crippen LogP contribution in [0.25, 0.3) is 11.1 Å². The Morgan fingerprint density at radius 1 is 1.08 bits per heavy atom. The van der Waals surface area contributed by atoms with E-state index in [2.05, 4.69) is 0 Å². The van der Waals surface area contributed by atoms with Gasteiger partial charge in [0.2, 0.25) is 10.0 Å². The molecule has 0 amide bonds. The van der Waals surface area contributed by atoms with E-state index >= 15 is 0 Å². The molecule has 0 atom stereocenters. The Kier molecular flexibility index (Phi) is 4.78. The van der Waals surface area contributed by atoms with Crippen molar-refractivity contribution < 1.29 is 23.1 Å². The molecule has 25 heavy (non-hydrogen) atoms. The van der Waals surface area contributed by atoms with Gasteiger partial charge in [0.15, 0.2) is 0 Å². The Bertz CT molecular complexity index is 884. The van der Waals surface area contributed by atoms with Gasteiger partial charge in [-0.15, -0.1) is 0 Å². The van der Waals surface area contributed by atoms with Crippen molar-refractivity contribution >= 4 is 16.0 Å². The zero-order valence-corrected chi connectivity index (χ0v) is 14.6. The quantitative estimate of drug-likeness (QED) is 0.885. The molecule has 132 valence electrons. The van der Waals surface area contributed by atoms with E-state index in [0.717, 1.165) is 12.8 Å². The lowest BCUT2D eigenvalue weighted by Crippen LogP contribution is -2.27. The molecule has 0 bridgehead atoms. The van der Waals surface area contributed by atoms with Gasteiger partial charge in [-0.05, 0) is 54.3 Å². The second-order valence-electron chi connectivity index (χ2n) is 5.85. The van der Waals surface area contributed by atoms with Crippen LogP contribution in [0.15, 0.2) is 47.4 Å². The Balaban J connectivity index is 1.97. The molecule has 1 N–H and O–H groups in total. The first-order chi connectivity index (χ1) is 11.9. The molecule has 2 aromatic carbocycles. The van der Waals surface area contributed by atoms with Crippen LogP contribution in [0.5, 0.6) is 5.75 Å². The molecule has 0 aromatic heterocycles. The fourth-order valence-corrected chi connectivity index (χ4v) is 4.48. The molecule has 1 aliphatic heterocycles. The number of aromatic carboxylic acids is 1. The molecule has 7 heteroatoms. The highest BCUT2D eigenvalue weighted by molar-refractivity contribution is 7.89. The van der Waals surface area contributed by atoms with Gasteiger partial charge in [-0.2, -0.15) is 4.31 Å². The zero-order chi connectivity index (χ0) is 18.0. The number of hydrogen-bond donors (Lipinski definition) is 1. The third kappa shape index (κ3) is 3.38. The number of sulfonamides is 1. The van der Waals surface area contributed by atoms with Crippen molar-refractivity contribution in [3.05, 3.63) is 48.0 Å². The standard InChI is InChI=1S/C18H19NO5S/c1-24-14-6-9-16(17(12-14)18(20)21)13-4-7-15(8-5-13)25(22,23)19-10-2-3-11-19/h4-9,12H,2-3,10-11H2,1H3,(H,20,21). The molecule has 0 aliphatic carbocycles. The smallest absolute Gasteiger partial charge is 0.336 e. The Labute approximate surface area is 146 Å². The molecule has 1 aliphatic rings. The van der Waals surface area contributed by atoms with Gasteiger partial charge in [0.25, 0.3) is 0 Å². The zero-order valence-electron chi connectivity index (χ0n) is 13.8. The average molecular weight is 361 g/mol. The third-order valence-electron chi connectivity index (χ3n) is 4.33. The van der Waals surface area contributed by atoms with Crippen molar-refractivity contribution in [2.45, 2.75) is 17.7 Å². The minimum Gasteiger partial charge on any atom is -0.497 e. The Morgan fingerprint density at radius 2 is 1.72 bits per heavy atom. The van der Waals surface area contributed by atoms with Crippen molar-refractivity contribution in [3.63, 3.8) is 0 Å². The summed E-state index contributed by atoms with van der Waals surface area (Å²) in [5.41, 5.74) is 1.26. The number of methoxy groups -OCH3 is 1. The van der Waals surface area contributed by atoms with Crippen molar-refractivity contribution in [1.82, 2.24) is 4.31 Å². The molecule has 1 fully saturated rings. The SMILES string of the molecule is COc1ccc(-c2ccc(S(=O)(=O)N3CCCC3)cc2)c(C(=O)O)c1. The van der Waals surface area contributed by atoms with Crippen LogP contribution < -0.4 is 4.74 Å². The molecule has 0 saturated carbocycles. The lowest BCUT2D eigenvalue weighted by Gasteiger charge is -2.16. The second-order valence-corrected chi connectivity index (χ2v) is 7.79. The molecular weight excluding hydrogens is 342 g/mol. The summed E-state index contributed by atoms with van der Waals surface area (Å²) >= 11 is 0. The molecule has 0 radical (unpaired) electrons. The molecule has 1 saturated heterocycles. The summed E-state index contributed by atoms with van der Waals surface area (Å²) in [6.07, 6.45) is 1.76. The van der Waals surface area contributed by atoms with E-state index in [-0.39, 0.29) is 10.5 Å². The van der Waals surface area contributed by atoms with Gasteiger partial charge in [-0.3, -0.25) is 0 Å². The van der Waals surface area contributed by atoms with Crippen LogP contribution in [-0.4, -0.2) is 44.0 Å². The van der Waals surface area contributed by atoms with Crippen LogP contribution >= 0.6 is 0 Å². The Hall–Kier alpha value is -2.38. The number of ether oxygens (including phenoxy) is 1. The first-order valence-electron chi connectivity index (χ1n) is 7.95. The summed E-state index contributed by atoms with van der Waals surface area (Å²) in [5.74, 6) is -0.614. The van der Waals surface area contributed by atoms with E-state index in [1.54, 1.807) is 24.3 Å². The maximum absolute atomic E-state index is 12.6. The molecule has 0 unspecified atom stereocenters. The first-order valence-corrected chi connectivity index (χ1v) is 9.39. The van der Waals surface area contributed by atoms with Crippen LogP contribution in [0.2, 0.25) is 0 Å². The van der Waals surface area contributed by atoms with Crippen molar-refractivity contribution in [1.29, 1.82) is 0 Å². The van der Waals surface area contributed by atoms with Gasteiger partial charge >= 0.3 is 5.97 Å². The molecule has 1 heterocycles. The van der Waals surface area contributed by atoms with E-state index in [1.165, 1.54) is 29.6 Å². The highest BCUT2D eigenvalue weighted by Crippen LogP contribution is 2.29. The summed E-state index contributed by atoms with van der Waals surface area (Å²) in [5, 5.41) is 9.42. The molecule has 6 nitrogen and oxygen atoms in total. The van der Waals surface area contributed by atoms with Gasteiger partial charge < -0.3 is 9.84 Å². The lowest BCUT2D eigenvalue weighted by atomic mass is 9.99. The van der Waals surface area contributed by atoms with Gasteiger partial charge in [0.05, 0.1) is 17.6 Å². The van der Waals surface area contributed by atoms with E-state index < -0.39 is 16.0 Å². The monoisotopic (exact) mass is 361 g/mol. The molecule has 2 aromatic rings. The van der Waals surface area contributed by atoms with E-state index in [9.17, 15) is 18.3 Å². The first kappa shape index (κ1) is 17.4. The fourth-order valence-electron chi connectivity index (χ4n) is 2.96. The van der Waals surface area contributed by atoms with Crippen molar-refractivity contribution in [3.8, 4) is 16.9 Å². The minimum absolute atomic E-state index is 0.106. The van der Waals surface area contributed by atoms with Crippen molar-refractivity contribution in [2.75, 3.05) is 20.2 Å². The average Bonchev–Trinajstić information content (AvgIpc) is 3.17. The molecule has 3 rings (SSSR count). The van der Waals surface area contributed by atoms with Gasteiger partial charge in [-0.25, -0.2) is 13.2 Å². The number of rotatable bonds is 5. The second kappa shape index (κ2) is 6.85. The highest BCUT2D eigenvalue weighted by atomic mass is 32.2. The maximum Gasteiger partial charge on any atom is 0.336 e. The molecule has 0 spiro atoms. The van der Waals surface area contributed by atoms with Crippen LogP contribution in [0.4, 0.5) is 0 Å². The lowest BCUT2D eigenvalue weighted by molar-refractivity contribution is 0.0697. The van der Waals surface area contributed by atoms with Gasteiger partial charge in [0, 0.05) is 13.1 Å². The topological polar surface area (TPSA) is 83.9 Å². The van der Waals surface area contributed by atoms with Crippen LogP contribution in [-0.2, 0) is 10.0 Å². The number of carbonyl (C=O) groups is 1. The van der Waals surface area contributed by atoms with Crippen molar-refractivity contribution in [2.24, 2.45) is 0 Å². The Morgan fingerprint density at radius 3 is 2.28 bits per heavy atom. The van der Waals surface area contributed by atoms with Gasteiger partial charge in [-0.1, -0.05) is 12.1 Å². The number of carboxylic acids is 1. The normalized spacial score (nSPS) is 15.2. The summed E-state index contributed by atoms with van der Waals surface area (Å²) in [7, 11) is -2.01. The van der Waals surface area contributed by atoms with Crippen LogP contribution in [0, 0.1) is 0 Å². The van der Waals surface area contributed by atoms with Crippen LogP contribution in [0.3, 0.4) is 0 Å². The predicted molar refractivity (Wildman–Crippen MR) is 93.4 cm³/mol. The number of hydrogen-bond acceptors (Lipinski definition) is 4. The summed E-state index contributed by atoms with van der Waals surface area (Å²) < 4.78 is 31.7. The van der Waals surface area contributed by atoms with E-state index in [1.807, 2.05) is 0 Å². The maximum atomic E-state index is 12.6. The number of nitrogens with zero attached hydrogens (tertiary/aromatic N) is 1. The fraction of sp³-hybridized carbons (Fsp3) is 0.278. The number of benzene rings is 2. The summed E-state index contributed by atoms with van der Waals surface area (Å²) in [6.45, 7) is 1.09. The van der Waals surface area contributed by atoms with E-state index in [0.29, 0.717) is 30.0 Å². The van der Waals surface area contributed by atoms with E-state index in [4.69, 9.17) is 4.74 Å². The highest BCUT2D eigenvalue weighted by Gasteiger charge is 2.27. The number of carboxylic acid groups (broad SMARTS) is 1. The minimum atomic E-state index is -3.48. The summed E-state index contributed by atoms with van der Waals surface area (Å²) in [4.78, 5) is 11.7. The van der Waals surface area contributed by atoms with Gasteiger partial charge in [0.1, 0.15) is 5.75 Å².